The number of fused-ring (bicyclic) bond motifs is 3. The Morgan fingerprint density at radius 3 is 2.74 bits per heavy atom. The molecule has 0 aromatic carbocycles. The molecule has 10 nitrogen and oxygen atoms in total. The minimum Gasteiger partial charge on any atom is -0.388 e. The molecule has 2 aliphatic carbocycles. The highest BCUT2D eigenvalue weighted by Crippen LogP contribution is 2.47. The number of piperidine rings is 1. The molecule has 208 valence electrons. The fourth-order valence-electron chi connectivity index (χ4n) is 7.60. The van der Waals surface area contributed by atoms with Crippen molar-refractivity contribution in [3.63, 3.8) is 0 Å². The van der Waals surface area contributed by atoms with E-state index in [1.54, 1.807) is 0 Å². The monoisotopic (exact) mass is 533 g/mol. The van der Waals surface area contributed by atoms with Crippen molar-refractivity contribution in [2.75, 3.05) is 31.6 Å². The molecule has 0 unspecified atom stereocenters. The van der Waals surface area contributed by atoms with E-state index < -0.39 is 11.0 Å². The molecule has 10 heteroatoms. The Balaban J connectivity index is 1.35. The lowest BCUT2D eigenvalue weighted by atomic mass is 9.64. The molecule has 1 saturated carbocycles. The Hall–Kier alpha value is -2.85. The quantitative estimate of drug-likeness (QED) is 0.537. The second kappa shape index (κ2) is 9.37. The van der Waals surface area contributed by atoms with Crippen LogP contribution in [-0.4, -0.2) is 79.0 Å². The van der Waals surface area contributed by atoms with Crippen molar-refractivity contribution in [2.45, 2.75) is 101 Å². The van der Waals surface area contributed by atoms with Gasteiger partial charge >= 0.3 is 0 Å². The first-order valence-electron chi connectivity index (χ1n) is 14.8. The zero-order valence-electron chi connectivity index (χ0n) is 23.2. The lowest BCUT2D eigenvalue weighted by molar-refractivity contribution is -0.128. The van der Waals surface area contributed by atoms with Gasteiger partial charge in [0, 0.05) is 31.1 Å². The third-order valence-electron chi connectivity index (χ3n) is 9.76. The first-order valence-corrected chi connectivity index (χ1v) is 14.8. The van der Waals surface area contributed by atoms with Crippen LogP contribution in [0, 0.1) is 0 Å². The van der Waals surface area contributed by atoms with Crippen LogP contribution >= 0.6 is 0 Å². The van der Waals surface area contributed by atoms with Crippen LogP contribution in [0.25, 0.3) is 22.6 Å². The summed E-state index contributed by atoms with van der Waals surface area (Å²) in [6.07, 6.45) is 11.9. The number of likely N-dealkylation sites (tertiary alicyclic amines) is 1. The van der Waals surface area contributed by atoms with Gasteiger partial charge < -0.3 is 19.4 Å². The second-order valence-corrected chi connectivity index (χ2v) is 12.6. The molecule has 1 spiro atoms. The minimum absolute atomic E-state index is 0.295. The molecule has 7 rings (SSSR count). The smallest absolute Gasteiger partial charge is 0.186 e. The summed E-state index contributed by atoms with van der Waals surface area (Å²) in [5, 5.41) is 21.1. The van der Waals surface area contributed by atoms with Crippen LogP contribution in [-0.2, 0) is 23.2 Å². The molecule has 1 N–H and O–H groups in total. The molecule has 4 aliphatic rings. The number of carbonyl (C=O) groups excluding carboxylic acids is 1. The molecule has 0 bridgehead atoms. The van der Waals surface area contributed by atoms with Crippen molar-refractivity contribution in [3.05, 3.63) is 17.5 Å². The number of rotatable bonds is 4. The molecule has 39 heavy (non-hydrogen) atoms. The van der Waals surface area contributed by atoms with Gasteiger partial charge in [0.2, 0.25) is 0 Å². The van der Waals surface area contributed by atoms with E-state index in [9.17, 15) is 9.90 Å². The summed E-state index contributed by atoms with van der Waals surface area (Å²) < 4.78 is 8.05. The Kier molecular flexibility index (Phi) is 6.04. The predicted molar refractivity (Wildman–Crippen MR) is 147 cm³/mol. The van der Waals surface area contributed by atoms with E-state index in [4.69, 9.17) is 19.6 Å². The largest absolute Gasteiger partial charge is 0.388 e. The molecule has 3 aromatic rings. The van der Waals surface area contributed by atoms with Crippen molar-refractivity contribution < 1.29 is 14.4 Å². The highest BCUT2D eigenvalue weighted by atomic mass is 16.5. The number of likely N-dealkylation sites (N-methyl/N-ethyl adjacent to an activating group) is 1. The molecule has 2 aliphatic heterocycles. The van der Waals surface area contributed by atoms with Crippen LogP contribution in [0.15, 0.2) is 10.7 Å². The third-order valence-corrected chi connectivity index (χ3v) is 9.76. The fourth-order valence-corrected chi connectivity index (χ4v) is 7.60. The average Bonchev–Trinajstić information content (AvgIpc) is 3.64. The van der Waals surface area contributed by atoms with Crippen molar-refractivity contribution >= 4 is 22.6 Å². The molecular formula is C29H39N7O3. The standard InChI is InChI=1S/C29H39N7O3/c1-28(38)11-7-15-35(18-28)26-21-16-30-36(17-19-8-6-14-34(19)2)27(21)32-25(31-26)23-20-9-5-13-29(24(20)39-33-23)12-4-3-10-22(29)37/h16,19,38H,3-15,17-18H2,1-2H3/t19-,28+,29+/m0/s1. The number of nitrogens with zero attached hydrogens (tertiary/aromatic N) is 7. The summed E-state index contributed by atoms with van der Waals surface area (Å²) >= 11 is 0. The molecule has 0 radical (unpaired) electrons. The molecule has 3 fully saturated rings. The maximum atomic E-state index is 13.2. The maximum absolute atomic E-state index is 13.2. The molecule has 2 saturated heterocycles. The van der Waals surface area contributed by atoms with Crippen LogP contribution in [0.2, 0.25) is 0 Å². The summed E-state index contributed by atoms with van der Waals surface area (Å²) in [5.41, 5.74) is 1.12. The molecule has 0 amide bonds. The van der Waals surface area contributed by atoms with Crippen LogP contribution in [0.4, 0.5) is 5.82 Å². The van der Waals surface area contributed by atoms with Crippen molar-refractivity contribution in [2.24, 2.45) is 0 Å². The highest BCUT2D eigenvalue weighted by molar-refractivity contribution is 5.92. The van der Waals surface area contributed by atoms with Crippen LogP contribution in [0.1, 0.15) is 82.5 Å². The Bertz CT molecular complexity index is 1410. The lowest BCUT2D eigenvalue weighted by Gasteiger charge is -2.37. The fraction of sp³-hybridized carbons (Fsp3) is 0.690. The number of aromatic nitrogens is 5. The number of anilines is 1. The van der Waals surface area contributed by atoms with Crippen molar-refractivity contribution in [3.8, 4) is 11.5 Å². The zero-order valence-corrected chi connectivity index (χ0v) is 23.2. The number of Topliss-reactive ketones (excluding diaryl/α,β-unsaturated/α-hetero) is 1. The van der Waals surface area contributed by atoms with Crippen molar-refractivity contribution in [1.29, 1.82) is 0 Å². The number of ketones is 1. The van der Waals surface area contributed by atoms with Gasteiger partial charge in [-0.05, 0) is 78.3 Å². The second-order valence-electron chi connectivity index (χ2n) is 12.6. The Morgan fingerprint density at radius 2 is 1.95 bits per heavy atom. The highest BCUT2D eigenvalue weighted by Gasteiger charge is 2.48. The van der Waals surface area contributed by atoms with E-state index in [0.717, 1.165) is 106 Å². The van der Waals surface area contributed by atoms with E-state index in [0.29, 0.717) is 36.3 Å². The Morgan fingerprint density at radius 1 is 1.08 bits per heavy atom. The summed E-state index contributed by atoms with van der Waals surface area (Å²) in [7, 11) is 2.18. The van der Waals surface area contributed by atoms with E-state index in [1.807, 2.05) is 17.8 Å². The van der Waals surface area contributed by atoms with Gasteiger partial charge in [-0.1, -0.05) is 11.6 Å². The predicted octanol–water partition coefficient (Wildman–Crippen LogP) is 3.64. The number of β-amino-alcohol motifs (C(OH)–C–C–N with tert-alkyl or cyclic N) is 1. The number of hydrogen-bond donors (Lipinski definition) is 1. The van der Waals surface area contributed by atoms with E-state index in [2.05, 4.69) is 22.0 Å². The van der Waals surface area contributed by atoms with E-state index in [-0.39, 0.29) is 0 Å². The zero-order chi connectivity index (χ0) is 26.8. The topological polar surface area (TPSA) is 113 Å². The first-order chi connectivity index (χ1) is 18.8. The van der Waals surface area contributed by atoms with Gasteiger partial charge in [0.1, 0.15) is 11.6 Å². The van der Waals surface area contributed by atoms with Crippen LogP contribution < -0.4 is 4.90 Å². The SMILES string of the molecule is CN1CCC[C@H]1Cn1ncc2c(N3CCC[C@@](C)(O)C3)nc(-c3noc4c3CCC[C@@]43CCCCC3=O)nc21. The first kappa shape index (κ1) is 25.1. The molecule has 5 heterocycles. The summed E-state index contributed by atoms with van der Waals surface area (Å²) in [6, 6.07) is 0.419. The molecule has 3 aromatic heterocycles. The number of aliphatic hydroxyl groups is 1. The van der Waals surface area contributed by atoms with Crippen LogP contribution in [0.5, 0.6) is 0 Å². The van der Waals surface area contributed by atoms with Gasteiger partial charge in [-0.25, -0.2) is 14.6 Å². The maximum Gasteiger partial charge on any atom is 0.186 e. The van der Waals surface area contributed by atoms with Gasteiger partial charge in [-0.3, -0.25) is 4.79 Å². The number of carbonyl (C=O) groups is 1. The molecular weight excluding hydrogens is 494 g/mol. The summed E-state index contributed by atoms with van der Waals surface area (Å²) in [4.78, 5) is 27.9. The van der Waals surface area contributed by atoms with Gasteiger partial charge in [-0.2, -0.15) is 5.10 Å². The van der Waals surface area contributed by atoms with Gasteiger partial charge in [0.25, 0.3) is 0 Å². The Labute approximate surface area is 228 Å². The van der Waals surface area contributed by atoms with Crippen LogP contribution in [0.3, 0.4) is 0 Å². The van der Waals surface area contributed by atoms with Gasteiger partial charge in [0.15, 0.2) is 22.9 Å². The third kappa shape index (κ3) is 4.18. The number of hydrogen-bond acceptors (Lipinski definition) is 9. The van der Waals surface area contributed by atoms with Crippen molar-refractivity contribution in [1.82, 2.24) is 29.8 Å². The lowest BCUT2D eigenvalue weighted by Crippen LogP contribution is -2.46. The molecule has 3 atom stereocenters. The summed E-state index contributed by atoms with van der Waals surface area (Å²) in [5.74, 6) is 2.36. The summed E-state index contributed by atoms with van der Waals surface area (Å²) in [6.45, 7) is 5.08. The van der Waals surface area contributed by atoms with Gasteiger partial charge in [0.05, 0.1) is 29.1 Å². The van der Waals surface area contributed by atoms with E-state index >= 15 is 0 Å². The van der Waals surface area contributed by atoms with Gasteiger partial charge in [-0.15, -0.1) is 0 Å². The normalized spacial score (nSPS) is 30.0. The minimum atomic E-state index is -0.779. The average molecular weight is 534 g/mol. The van der Waals surface area contributed by atoms with E-state index in [1.165, 1.54) is 6.42 Å².